The molecule has 4 nitrogen and oxygen atoms in total. The van der Waals surface area contributed by atoms with Crippen molar-refractivity contribution in [2.24, 2.45) is 0 Å². The van der Waals surface area contributed by atoms with Crippen molar-refractivity contribution in [2.75, 3.05) is 13.2 Å². The second-order valence-corrected chi connectivity index (χ2v) is 5.27. The highest BCUT2D eigenvalue weighted by Gasteiger charge is 2.37. The van der Waals surface area contributed by atoms with Crippen LogP contribution in [0.3, 0.4) is 0 Å². The van der Waals surface area contributed by atoms with E-state index in [1.807, 2.05) is 32.9 Å². The van der Waals surface area contributed by atoms with Crippen LogP contribution in [0.25, 0.3) is 5.57 Å². The van der Waals surface area contributed by atoms with E-state index in [1.165, 1.54) is 0 Å². The molecule has 0 amide bonds. The van der Waals surface area contributed by atoms with Gasteiger partial charge in [-0.15, -0.1) is 0 Å². The summed E-state index contributed by atoms with van der Waals surface area (Å²) in [5, 5.41) is 0.650. The number of hydrogen-bond acceptors (Lipinski definition) is 4. The zero-order chi connectivity index (χ0) is 15.9. The van der Waals surface area contributed by atoms with Crippen molar-refractivity contribution in [2.45, 2.75) is 33.5 Å². The van der Waals surface area contributed by atoms with E-state index in [4.69, 9.17) is 25.6 Å². The van der Waals surface area contributed by atoms with Gasteiger partial charge in [-0.25, -0.2) is 0 Å². The minimum atomic E-state index is -1.08. The Balaban J connectivity index is 3.32. The van der Waals surface area contributed by atoms with Gasteiger partial charge in [0.2, 0.25) is 11.5 Å². The SMILES string of the molecule is CCOC(C)(OCC)C(O[PH+]=O)=C(C)c1ccc(Cl)cc1. The topological polar surface area (TPSA) is 44.8 Å². The van der Waals surface area contributed by atoms with E-state index >= 15 is 0 Å². The van der Waals surface area contributed by atoms with E-state index in [0.29, 0.717) is 24.0 Å². The molecule has 1 unspecified atom stereocenters. The molecule has 0 saturated carbocycles. The number of benzene rings is 1. The number of ether oxygens (including phenoxy) is 2. The summed E-state index contributed by atoms with van der Waals surface area (Å²) in [5.74, 6) is -0.674. The molecule has 0 aliphatic carbocycles. The maximum atomic E-state index is 11.0. The van der Waals surface area contributed by atoms with Crippen molar-refractivity contribution < 1.29 is 18.6 Å². The van der Waals surface area contributed by atoms with Gasteiger partial charge in [-0.3, -0.25) is 4.52 Å². The summed E-state index contributed by atoms with van der Waals surface area (Å²) in [5.41, 5.74) is 1.69. The summed E-state index contributed by atoms with van der Waals surface area (Å²) in [6, 6.07) is 7.31. The molecule has 0 aliphatic heterocycles. The molecule has 0 radical (unpaired) electrons. The third kappa shape index (κ3) is 4.79. The molecule has 1 rings (SSSR count). The fourth-order valence-corrected chi connectivity index (χ4v) is 2.65. The Kier molecular flexibility index (Phi) is 7.33. The summed E-state index contributed by atoms with van der Waals surface area (Å²) < 4.78 is 27.7. The Labute approximate surface area is 132 Å². The van der Waals surface area contributed by atoms with E-state index in [9.17, 15) is 4.57 Å². The van der Waals surface area contributed by atoms with Crippen LogP contribution in [0.2, 0.25) is 5.02 Å². The van der Waals surface area contributed by atoms with Crippen molar-refractivity contribution in [1.82, 2.24) is 0 Å². The van der Waals surface area contributed by atoms with E-state index in [1.54, 1.807) is 19.1 Å². The van der Waals surface area contributed by atoms with Crippen LogP contribution in [0.5, 0.6) is 0 Å². The Morgan fingerprint density at radius 3 is 2.14 bits per heavy atom. The first-order chi connectivity index (χ1) is 9.98. The third-order valence-electron chi connectivity index (χ3n) is 3.01. The molecule has 6 heteroatoms. The summed E-state index contributed by atoms with van der Waals surface area (Å²) in [4.78, 5) is 0. The van der Waals surface area contributed by atoms with Crippen LogP contribution in [0.1, 0.15) is 33.3 Å². The van der Waals surface area contributed by atoms with Gasteiger partial charge in [0, 0.05) is 23.8 Å². The molecular weight excluding hydrogens is 311 g/mol. The predicted octanol–water partition coefficient (Wildman–Crippen LogP) is 4.82. The molecule has 0 heterocycles. The third-order valence-corrected chi connectivity index (χ3v) is 3.55. The average Bonchev–Trinajstić information content (AvgIpc) is 2.45. The van der Waals surface area contributed by atoms with Gasteiger partial charge in [-0.2, -0.15) is 0 Å². The minimum absolute atomic E-state index is 0.404. The zero-order valence-corrected chi connectivity index (χ0v) is 14.5. The Bertz CT molecular complexity index is 493. The molecular formula is C15H21ClO4P+. The summed E-state index contributed by atoms with van der Waals surface area (Å²) in [6.45, 7) is 8.25. The molecule has 0 aliphatic rings. The van der Waals surface area contributed by atoms with E-state index in [2.05, 4.69) is 0 Å². The summed E-state index contributed by atoms with van der Waals surface area (Å²) in [7, 11) is -0.938. The maximum Gasteiger partial charge on any atom is 0.542 e. The predicted molar refractivity (Wildman–Crippen MR) is 85.8 cm³/mol. The molecule has 21 heavy (non-hydrogen) atoms. The first-order valence-corrected chi connectivity index (χ1v) is 7.97. The lowest BCUT2D eigenvalue weighted by atomic mass is 10.0. The van der Waals surface area contributed by atoms with Crippen LogP contribution < -0.4 is 0 Å². The number of rotatable bonds is 8. The Morgan fingerprint density at radius 1 is 1.19 bits per heavy atom. The minimum Gasteiger partial charge on any atom is -0.344 e. The zero-order valence-electron chi connectivity index (χ0n) is 12.7. The quantitative estimate of drug-likeness (QED) is 0.389. The molecule has 1 atom stereocenters. The van der Waals surface area contributed by atoms with Gasteiger partial charge < -0.3 is 9.47 Å². The second-order valence-electron chi connectivity index (χ2n) is 4.46. The average molecular weight is 332 g/mol. The molecule has 0 fully saturated rings. The van der Waals surface area contributed by atoms with Crippen molar-refractivity contribution in [3.8, 4) is 0 Å². The van der Waals surface area contributed by atoms with Gasteiger partial charge in [-0.1, -0.05) is 23.7 Å². The highest BCUT2D eigenvalue weighted by atomic mass is 35.5. The standard InChI is InChI=1S/C15H21ClO4P/c1-5-18-15(4,19-6-2)14(20-21-17)11(3)12-7-9-13(16)10-8-12/h7-10,21H,5-6H2,1-4H3/q+1. The van der Waals surface area contributed by atoms with Gasteiger partial charge >= 0.3 is 8.69 Å². The van der Waals surface area contributed by atoms with Crippen molar-refractivity contribution in [3.05, 3.63) is 40.6 Å². The lowest BCUT2D eigenvalue weighted by molar-refractivity contribution is -0.207. The first-order valence-electron chi connectivity index (χ1n) is 6.77. The molecule has 0 bridgehead atoms. The van der Waals surface area contributed by atoms with Gasteiger partial charge in [-0.05, 0) is 50.0 Å². The van der Waals surface area contributed by atoms with Crippen molar-refractivity contribution in [3.63, 3.8) is 0 Å². The lowest BCUT2D eigenvalue weighted by Crippen LogP contribution is -2.36. The monoisotopic (exact) mass is 331 g/mol. The molecule has 1 aromatic rings. The number of halogens is 1. The lowest BCUT2D eigenvalue weighted by Gasteiger charge is -2.29. The van der Waals surface area contributed by atoms with Crippen LogP contribution in [-0.4, -0.2) is 19.0 Å². The van der Waals surface area contributed by atoms with Crippen LogP contribution >= 0.6 is 20.3 Å². The van der Waals surface area contributed by atoms with Crippen LogP contribution in [-0.2, 0) is 18.6 Å². The smallest absolute Gasteiger partial charge is 0.344 e. The fourth-order valence-electron chi connectivity index (χ4n) is 2.11. The van der Waals surface area contributed by atoms with Crippen LogP contribution in [0, 0.1) is 0 Å². The maximum absolute atomic E-state index is 11.0. The Hall–Kier alpha value is -0.930. The highest BCUT2D eigenvalue weighted by molar-refractivity contribution is 7.17. The highest BCUT2D eigenvalue weighted by Crippen LogP contribution is 2.34. The normalized spacial score (nSPS) is 13.2. The molecule has 1 aromatic carbocycles. The number of allylic oxidation sites excluding steroid dienone is 1. The van der Waals surface area contributed by atoms with Gasteiger partial charge in [0.1, 0.15) is 0 Å². The Morgan fingerprint density at radius 2 is 1.71 bits per heavy atom. The molecule has 0 N–H and O–H groups in total. The van der Waals surface area contributed by atoms with Gasteiger partial charge in [0.05, 0.1) is 0 Å². The van der Waals surface area contributed by atoms with E-state index < -0.39 is 14.5 Å². The fraction of sp³-hybridized carbons (Fsp3) is 0.467. The van der Waals surface area contributed by atoms with Crippen molar-refractivity contribution >= 4 is 25.9 Å². The second kappa shape index (κ2) is 8.50. The molecule has 0 spiro atoms. The summed E-state index contributed by atoms with van der Waals surface area (Å²) in [6.07, 6.45) is 0. The van der Waals surface area contributed by atoms with Gasteiger partial charge in [0.15, 0.2) is 0 Å². The van der Waals surface area contributed by atoms with Crippen LogP contribution in [0.15, 0.2) is 30.0 Å². The summed E-state index contributed by atoms with van der Waals surface area (Å²) >= 11 is 5.90. The molecule has 116 valence electrons. The van der Waals surface area contributed by atoms with E-state index in [0.717, 1.165) is 11.1 Å². The molecule has 0 aromatic heterocycles. The van der Waals surface area contributed by atoms with Crippen molar-refractivity contribution in [1.29, 1.82) is 0 Å². The first kappa shape index (κ1) is 18.1. The largest absolute Gasteiger partial charge is 0.542 e. The molecule has 0 saturated heterocycles. The van der Waals surface area contributed by atoms with E-state index in [-0.39, 0.29) is 0 Å². The van der Waals surface area contributed by atoms with Gasteiger partial charge in [0.25, 0.3) is 0 Å². The van der Waals surface area contributed by atoms with Crippen LogP contribution in [0.4, 0.5) is 0 Å². The number of hydrogen-bond donors (Lipinski definition) is 0.